The molecular formula is C23H24N4O2. The minimum absolute atomic E-state index is 0.148. The number of hydrogen-bond donors (Lipinski definition) is 1. The van der Waals surface area contributed by atoms with Gasteiger partial charge in [0.15, 0.2) is 5.82 Å². The number of hydrogen-bond acceptors (Lipinski definition) is 4. The molecule has 29 heavy (non-hydrogen) atoms. The smallest absolute Gasteiger partial charge is 0.338 e. The van der Waals surface area contributed by atoms with Gasteiger partial charge in [-0.05, 0) is 69.5 Å². The van der Waals surface area contributed by atoms with E-state index < -0.39 is 0 Å². The fraction of sp³-hybridized carbons (Fsp3) is 0.348. The maximum Gasteiger partial charge on any atom is 0.338 e. The number of rotatable bonds is 5. The van der Waals surface area contributed by atoms with Crippen molar-refractivity contribution in [3.63, 3.8) is 0 Å². The summed E-state index contributed by atoms with van der Waals surface area (Å²) >= 11 is 0. The molecule has 0 spiro atoms. The number of benzene rings is 1. The van der Waals surface area contributed by atoms with Crippen LogP contribution >= 0.6 is 0 Å². The first-order valence-electron chi connectivity index (χ1n) is 10.3. The van der Waals surface area contributed by atoms with Crippen LogP contribution in [0.3, 0.4) is 0 Å². The third-order valence-electron chi connectivity index (χ3n) is 5.32. The molecule has 6 nitrogen and oxygen atoms in total. The lowest BCUT2D eigenvalue weighted by Crippen LogP contribution is -2.11. The molecule has 1 aromatic carbocycles. The lowest BCUT2D eigenvalue weighted by atomic mass is 10.2. The zero-order valence-corrected chi connectivity index (χ0v) is 16.9. The highest BCUT2D eigenvalue weighted by Crippen LogP contribution is 2.41. The van der Waals surface area contributed by atoms with Crippen molar-refractivity contribution in [3.05, 3.63) is 47.7 Å². The number of aryl methyl sites for hydroxylation is 1. The van der Waals surface area contributed by atoms with Crippen molar-refractivity contribution in [1.82, 2.24) is 19.5 Å². The van der Waals surface area contributed by atoms with Gasteiger partial charge in [-0.2, -0.15) is 0 Å². The van der Waals surface area contributed by atoms with Crippen LogP contribution in [0.1, 0.15) is 55.7 Å². The first kappa shape index (κ1) is 17.9. The van der Waals surface area contributed by atoms with Gasteiger partial charge in [0, 0.05) is 17.1 Å². The van der Waals surface area contributed by atoms with Crippen molar-refractivity contribution in [3.8, 4) is 11.5 Å². The van der Waals surface area contributed by atoms with Gasteiger partial charge in [0.25, 0.3) is 0 Å². The van der Waals surface area contributed by atoms with Crippen molar-refractivity contribution in [2.75, 3.05) is 0 Å². The van der Waals surface area contributed by atoms with Crippen LogP contribution in [0, 0.1) is 0 Å². The summed E-state index contributed by atoms with van der Waals surface area (Å²) in [6.45, 7) is 5.81. The molecule has 148 valence electrons. The number of carbonyl (C=O) groups is 1. The SMILES string of the molecule is CCc1ccc2cc(-c3nc4cc(C(=O)OC(C)C)ccc4n3C3CC3)[nH]c2n1. The van der Waals surface area contributed by atoms with Crippen LogP contribution in [-0.4, -0.2) is 31.6 Å². The molecule has 0 atom stereocenters. The summed E-state index contributed by atoms with van der Waals surface area (Å²) in [6.07, 6.45) is 3.05. The molecule has 3 aromatic heterocycles. The summed E-state index contributed by atoms with van der Waals surface area (Å²) in [4.78, 5) is 25.4. The Balaban J connectivity index is 1.63. The Hall–Kier alpha value is -3.15. The number of fused-ring (bicyclic) bond motifs is 2. The second-order valence-corrected chi connectivity index (χ2v) is 7.97. The molecule has 1 aliphatic rings. The van der Waals surface area contributed by atoms with Crippen LogP contribution in [-0.2, 0) is 11.2 Å². The van der Waals surface area contributed by atoms with E-state index in [2.05, 4.69) is 34.7 Å². The summed E-state index contributed by atoms with van der Waals surface area (Å²) < 4.78 is 7.63. The van der Waals surface area contributed by atoms with Crippen LogP contribution in [0.25, 0.3) is 33.6 Å². The Morgan fingerprint density at radius 2 is 2.03 bits per heavy atom. The molecule has 0 bridgehead atoms. The van der Waals surface area contributed by atoms with E-state index in [0.29, 0.717) is 11.6 Å². The van der Waals surface area contributed by atoms with Gasteiger partial charge in [0.1, 0.15) is 5.65 Å². The molecule has 6 heteroatoms. The summed E-state index contributed by atoms with van der Waals surface area (Å²) in [5, 5.41) is 1.08. The quantitative estimate of drug-likeness (QED) is 0.486. The van der Waals surface area contributed by atoms with Crippen molar-refractivity contribution in [2.24, 2.45) is 0 Å². The number of ether oxygens (including phenoxy) is 1. The van der Waals surface area contributed by atoms with E-state index in [1.165, 1.54) is 0 Å². The monoisotopic (exact) mass is 388 g/mol. The van der Waals surface area contributed by atoms with E-state index >= 15 is 0 Å². The maximum absolute atomic E-state index is 12.3. The van der Waals surface area contributed by atoms with Gasteiger partial charge in [-0.3, -0.25) is 0 Å². The van der Waals surface area contributed by atoms with Crippen molar-refractivity contribution < 1.29 is 9.53 Å². The number of carbonyl (C=O) groups excluding carboxylic acids is 1. The molecule has 4 aromatic rings. The predicted octanol–water partition coefficient (Wildman–Crippen LogP) is 5.04. The van der Waals surface area contributed by atoms with Gasteiger partial charge in [-0.15, -0.1) is 0 Å². The van der Waals surface area contributed by atoms with Crippen LogP contribution in [0.2, 0.25) is 0 Å². The molecule has 1 aliphatic carbocycles. The lowest BCUT2D eigenvalue weighted by molar-refractivity contribution is 0.0378. The molecule has 1 saturated carbocycles. The Kier molecular flexibility index (Phi) is 4.15. The number of H-pyrrole nitrogens is 1. The average Bonchev–Trinajstić information content (AvgIpc) is 3.33. The van der Waals surface area contributed by atoms with Gasteiger partial charge in [-0.25, -0.2) is 14.8 Å². The highest BCUT2D eigenvalue weighted by Gasteiger charge is 2.29. The number of nitrogens with zero attached hydrogens (tertiary/aromatic N) is 3. The molecule has 1 fully saturated rings. The molecule has 5 rings (SSSR count). The summed E-state index contributed by atoms with van der Waals surface area (Å²) in [5.41, 5.74) is 5.29. The highest BCUT2D eigenvalue weighted by atomic mass is 16.5. The largest absolute Gasteiger partial charge is 0.459 e. The summed E-state index contributed by atoms with van der Waals surface area (Å²) in [6, 6.07) is 12.4. The third kappa shape index (κ3) is 3.18. The van der Waals surface area contributed by atoms with E-state index in [1.807, 2.05) is 32.0 Å². The minimum atomic E-state index is -0.314. The molecular weight excluding hydrogens is 364 g/mol. The van der Waals surface area contributed by atoms with E-state index in [0.717, 1.165) is 58.5 Å². The number of pyridine rings is 1. The van der Waals surface area contributed by atoms with Crippen molar-refractivity contribution in [1.29, 1.82) is 0 Å². The maximum atomic E-state index is 12.3. The first-order valence-corrected chi connectivity index (χ1v) is 10.3. The Morgan fingerprint density at radius 1 is 1.21 bits per heavy atom. The zero-order valence-electron chi connectivity index (χ0n) is 16.9. The number of aromatic amines is 1. The Morgan fingerprint density at radius 3 is 2.76 bits per heavy atom. The summed E-state index contributed by atoms with van der Waals surface area (Å²) in [7, 11) is 0. The topological polar surface area (TPSA) is 72.8 Å². The number of esters is 1. The van der Waals surface area contributed by atoms with Gasteiger partial charge >= 0.3 is 5.97 Å². The highest BCUT2D eigenvalue weighted by molar-refractivity contribution is 5.95. The number of imidazole rings is 1. The minimum Gasteiger partial charge on any atom is -0.459 e. The predicted molar refractivity (Wildman–Crippen MR) is 113 cm³/mol. The molecule has 0 amide bonds. The first-order chi connectivity index (χ1) is 14.0. The molecule has 3 heterocycles. The number of nitrogens with one attached hydrogen (secondary N) is 1. The normalized spacial score (nSPS) is 14.2. The standard InChI is InChI=1S/C23H24N4O2/c1-4-16-7-5-14-11-19(25-21(14)24-16)22-26-18-12-15(23(28)29-13(2)3)6-10-20(18)27(22)17-8-9-17/h5-7,10-13,17H,4,8-9H2,1-3H3,(H,24,25). The average molecular weight is 388 g/mol. The molecule has 0 radical (unpaired) electrons. The van der Waals surface area contributed by atoms with Gasteiger partial charge < -0.3 is 14.3 Å². The summed E-state index contributed by atoms with van der Waals surface area (Å²) in [5.74, 6) is 0.583. The second-order valence-electron chi connectivity index (χ2n) is 7.97. The van der Waals surface area contributed by atoms with Gasteiger partial charge in [0.2, 0.25) is 0 Å². The molecule has 0 saturated heterocycles. The lowest BCUT2D eigenvalue weighted by Gasteiger charge is -2.08. The zero-order chi connectivity index (χ0) is 20.1. The molecule has 0 unspecified atom stereocenters. The van der Waals surface area contributed by atoms with Gasteiger partial charge in [-0.1, -0.05) is 6.92 Å². The van der Waals surface area contributed by atoms with Crippen LogP contribution in [0.15, 0.2) is 36.4 Å². The van der Waals surface area contributed by atoms with Crippen LogP contribution in [0.4, 0.5) is 0 Å². The van der Waals surface area contributed by atoms with Crippen LogP contribution < -0.4 is 0 Å². The van der Waals surface area contributed by atoms with Crippen LogP contribution in [0.5, 0.6) is 0 Å². The molecule has 1 N–H and O–H groups in total. The number of aromatic nitrogens is 4. The van der Waals surface area contributed by atoms with E-state index in [1.54, 1.807) is 0 Å². The van der Waals surface area contributed by atoms with Crippen molar-refractivity contribution in [2.45, 2.75) is 52.2 Å². The van der Waals surface area contributed by atoms with Gasteiger partial charge in [0.05, 0.1) is 28.4 Å². The fourth-order valence-electron chi connectivity index (χ4n) is 3.76. The Labute approximate surface area is 168 Å². The van der Waals surface area contributed by atoms with E-state index in [9.17, 15) is 4.79 Å². The van der Waals surface area contributed by atoms with E-state index in [4.69, 9.17) is 14.7 Å². The second kappa shape index (κ2) is 6.72. The van der Waals surface area contributed by atoms with E-state index in [-0.39, 0.29) is 12.1 Å². The molecule has 0 aliphatic heterocycles. The van der Waals surface area contributed by atoms with Crippen molar-refractivity contribution >= 4 is 28.0 Å². The fourth-order valence-corrected chi connectivity index (χ4v) is 3.76. The Bertz CT molecular complexity index is 1230. The third-order valence-corrected chi connectivity index (χ3v) is 5.32.